The molecule has 2 heterocycles. The van der Waals surface area contributed by atoms with Crippen molar-refractivity contribution in [1.29, 1.82) is 0 Å². The number of hydrogen-bond acceptors (Lipinski definition) is 13. The Bertz CT molecular complexity index is 793. The van der Waals surface area contributed by atoms with Crippen LogP contribution in [-0.4, -0.2) is 153 Å². The van der Waals surface area contributed by atoms with Gasteiger partial charge in [0.25, 0.3) is 11.8 Å². The SMILES string of the molecule is COC(=O)CN1CCN(CC=O)CCN(CC(=O)ON2C(=O)CCC2=O)CCN(CC(=O)OC)CC1. The van der Waals surface area contributed by atoms with Crippen molar-refractivity contribution in [3.8, 4) is 0 Å². The average molecular weight is 514 g/mol. The number of ether oxygens (including phenoxy) is 2. The first-order valence-corrected chi connectivity index (χ1v) is 11.8. The quantitative estimate of drug-likeness (QED) is 0.180. The molecule has 0 atom stereocenters. The summed E-state index contributed by atoms with van der Waals surface area (Å²) in [6, 6.07) is 0. The lowest BCUT2D eigenvalue weighted by molar-refractivity contribution is -0.198. The van der Waals surface area contributed by atoms with E-state index in [9.17, 15) is 28.8 Å². The summed E-state index contributed by atoms with van der Waals surface area (Å²) in [6.07, 6.45) is 0.801. The molecule has 0 aliphatic carbocycles. The molecule has 0 radical (unpaired) electrons. The van der Waals surface area contributed by atoms with Gasteiger partial charge in [0.05, 0.1) is 40.4 Å². The number of carbonyl (C=O) groups is 6. The number of imide groups is 1. The van der Waals surface area contributed by atoms with E-state index in [4.69, 9.17) is 14.3 Å². The van der Waals surface area contributed by atoms with Crippen molar-refractivity contribution in [3.63, 3.8) is 0 Å². The van der Waals surface area contributed by atoms with Gasteiger partial charge in [-0.3, -0.25) is 38.8 Å². The van der Waals surface area contributed by atoms with Crippen molar-refractivity contribution in [2.45, 2.75) is 12.8 Å². The van der Waals surface area contributed by atoms with Crippen LogP contribution in [0, 0.1) is 0 Å². The first-order chi connectivity index (χ1) is 17.2. The fourth-order valence-electron chi connectivity index (χ4n) is 3.81. The number of hydroxylamine groups is 2. The van der Waals surface area contributed by atoms with E-state index in [0.29, 0.717) is 57.4 Å². The van der Waals surface area contributed by atoms with Crippen molar-refractivity contribution in [2.75, 3.05) is 92.8 Å². The zero-order valence-electron chi connectivity index (χ0n) is 20.9. The van der Waals surface area contributed by atoms with E-state index in [1.807, 2.05) is 14.7 Å². The lowest BCUT2D eigenvalue weighted by atomic mass is 10.3. The molecule has 2 aliphatic heterocycles. The Balaban J connectivity index is 2.10. The zero-order chi connectivity index (χ0) is 26.5. The molecule has 0 unspecified atom stereocenters. The van der Waals surface area contributed by atoms with Gasteiger partial charge < -0.3 is 19.1 Å². The Morgan fingerprint density at radius 2 is 1.03 bits per heavy atom. The number of carbonyl (C=O) groups excluding carboxylic acids is 6. The van der Waals surface area contributed by atoms with Crippen LogP contribution < -0.4 is 0 Å². The van der Waals surface area contributed by atoms with Crippen LogP contribution >= 0.6 is 0 Å². The van der Waals surface area contributed by atoms with Crippen LogP contribution in [0.25, 0.3) is 0 Å². The Morgan fingerprint density at radius 3 is 1.39 bits per heavy atom. The average Bonchev–Trinajstić information content (AvgIpc) is 3.17. The van der Waals surface area contributed by atoms with Gasteiger partial charge >= 0.3 is 17.9 Å². The highest BCUT2D eigenvalue weighted by Crippen LogP contribution is 2.12. The summed E-state index contributed by atoms with van der Waals surface area (Å²) < 4.78 is 9.58. The minimum atomic E-state index is -0.753. The number of methoxy groups -OCH3 is 2. The molecule has 2 fully saturated rings. The first-order valence-electron chi connectivity index (χ1n) is 11.8. The molecule has 2 aliphatic rings. The molecule has 202 valence electrons. The van der Waals surface area contributed by atoms with Crippen LogP contribution in [0.4, 0.5) is 0 Å². The molecule has 0 aromatic rings. The van der Waals surface area contributed by atoms with E-state index in [1.54, 1.807) is 4.90 Å². The van der Waals surface area contributed by atoms with Gasteiger partial charge in [0.2, 0.25) is 0 Å². The van der Waals surface area contributed by atoms with Crippen LogP contribution in [0.1, 0.15) is 12.8 Å². The van der Waals surface area contributed by atoms with Gasteiger partial charge in [0.15, 0.2) is 0 Å². The van der Waals surface area contributed by atoms with Crippen molar-refractivity contribution in [2.24, 2.45) is 0 Å². The smallest absolute Gasteiger partial charge is 0.347 e. The van der Waals surface area contributed by atoms with E-state index in [1.165, 1.54) is 14.2 Å². The highest BCUT2D eigenvalue weighted by Gasteiger charge is 2.33. The van der Waals surface area contributed by atoms with E-state index in [-0.39, 0.29) is 45.0 Å². The molecule has 14 heteroatoms. The molecular weight excluding hydrogens is 478 g/mol. The van der Waals surface area contributed by atoms with Gasteiger partial charge in [-0.1, -0.05) is 0 Å². The second kappa shape index (κ2) is 15.2. The zero-order valence-corrected chi connectivity index (χ0v) is 20.9. The maximum absolute atomic E-state index is 12.5. The highest BCUT2D eigenvalue weighted by molar-refractivity contribution is 6.01. The van der Waals surface area contributed by atoms with Crippen LogP contribution in [0.5, 0.6) is 0 Å². The summed E-state index contributed by atoms with van der Waals surface area (Å²) >= 11 is 0. The van der Waals surface area contributed by atoms with Crippen LogP contribution in [0.2, 0.25) is 0 Å². The Hall–Kier alpha value is -2.94. The van der Waals surface area contributed by atoms with Gasteiger partial charge in [-0.05, 0) is 0 Å². The number of amides is 2. The van der Waals surface area contributed by atoms with Crippen LogP contribution in [-0.2, 0) is 43.1 Å². The summed E-state index contributed by atoms with van der Waals surface area (Å²) in [5.74, 6) is -2.67. The highest BCUT2D eigenvalue weighted by atomic mass is 16.7. The monoisotopic (exact) mass is 513 g/mol. The van der Waals surface area contributed by atoms with E-state index in [2.05, 4.69) is 0 Å². The molecule has 2 amide bonds. The van der Waals surface area contributed by atoms with Crippen LogP contribution in [0.15, 0.2) is 0 Å². The second-order valence-corrected chi connectivity index (χ2v) is 8.49. The topological polar surface area (TPSA) is 146 Å². The summed E-state index contributed by atoms with van der Waals surface area (Å²) in [5.41, 5.74) is 0. The summed E-state index contributed by atoms with van der Waals surface area (Å²) in [7, 11) is 2.61. The molecule has 2 rings (SSSR count). The lowest BCUT2D eigenvalue weighted by Crippen LogP contribution is -2.49. The molecule has 0 N–H and O–H groups in total. The maximum Gasteiger partial charge on any atom is 0.347 e. The minimum Gasteiger partial charge on any atom is -0.468 e. The molecule has 14 nitrogen and oxygen atoms in total. The molecule has 0 aromatic heterocycles. The van der Waals surface area contributed by atoms with E-state index in [0.717, 1.165) is 6.29 Å². The summed E-state index contributed by atoms with van der Waals surface area (Å²) in [5, 5.41) is 0.511. The normalized spacial score (nSPS) is 19.9. The third kappa shape index (κ3) is 9.97. The summed E-state index contributed by atoms with van der Waals surface area (Å²) in [6.45, 7) is 3.53. The second-order valence-electron chi connectivity index (χ2n) is 8.49. The number of nitrogens with zero attached hydrogens (tertiary/aromatic N) is 5. The van der Waals surface area contributed by atoms with Gasteiger partial charge in [-0.2, -0.15) is 0 Å². The lowest BCUT2D eigenvalue weighted by Gasteiger charge is -2.33. The van der Waals surface area contributed by atoms with Crippen molar-refractivity contribution < 1.29 is 43.1 Å². The Labute approximate surface area is 209 Å². The predicted molar refractivity (Wildman–Crippen MR) is 123 cm³/mol. The van der Waals surface area contributed by atoms with Crippen molar-refractivity contribution in [1.82, 2.24) is 24.7 Å². The third-order valence-corrected chi connectivity index (χ3v) is 5.97. The fourth-order valence-corrected chi connectivity index (χ4v) is 3.81. The van der Waals surface area contributed by atoms with Gasteiger partial charge in [0.1, 0.15) is 6.29 Å². The van der Waals surface area contributed by atoms with Crippen molar-refractivity contribution >= 4 is 36.0 Å². The number of rotatable bonds is 9. The number of aldehydes is 1. The molecule has 0 bridgehead atoms. The molecule has 0 aromatic carbocycles. The first kappa shape index (κ1) is 29.3. The van der Waals surface area contributed by atoms with Crippen LogP contribution in [0.3, 0.4) is 0 Å². The molecule has 36 heavy (non-hydrogen) atoms. The largest absolute Gasteiger partial charge is 0.468 e. The summed E-state index contributed by atoms with van der Waals surface area (Å²) in [4.78, 5) is 83.5. The molecule has 0 spiro atoms. The van der Waals surface area contributed by atoms with Gasteiger partial charge in [-0.25, -0.2) is 4.79 Å². The van der Waals surface area contributed by atoms with Crippen molar-refractivity contribution in [3.05, 3.63) is 0 Å². The molecule has 2 saturated heterocycles. The predicted octanol–water partition coefficient (Wildman–Crippen LogP) is -2.64. The standard InChI is InChI=1S/C22H35N5O9/c1-34-20(31)15-24-7-5-23(13-14-28)6-8-26(12-11-25(10-9-24)16-21(32)35-2)17-22(33)36-27-18(29)3-4-19(27)30/h14H,3-13,15-17H2,1-2H3. The van der Waals surface area contributed by atoms with E-state index < -0.39 is 23.8 Å². The maximum atomic E-state index is 12.5. The Kier molecular flexibility index (Phi) is 12.4. The molecule has 0 saturated carbocycles. The number of esters is 2. The Morgan fingerprint density at radius 1 is 0.667 bits per heavy atom. The van der Waals surface area contributed by atoms with Gasteiger partial charge in [0, 0.05) is 65.2 Å². The number of hydrogen-bond donors (Lipinski definition) is 0. The fraction of sp³-hybridized carbons (Fsp3) is 0.727. The van der Waals surface area contributed by atoms with Gasteiger partial charge in [-0.15, -0.1) is 5.06 Å². The van der Waals surface area contributed by atoms with E-state index >= 15 is 0 Å². The minimum absolute atomic E-state index is 0.00592. The molecular formula is C22H35N5O9. The third-order valence-electron chi connectivity index (χ3n) is 5.97.